The second kappa shape index (κ2) is 9.43. The Morgan fingerprint density at radius 1 is 1.11 bits per heavy atom. The molecule has 1 aliphatic carbocycles. The van der Waals surface area contributed by atoms with Gasteiger partial charge in [0.05, 0.1) is 6.61 Å². The van der Waals surface area contributed by atoms with Crippen LogP contribution in [-0.2, 0) is 16.1 Å². The van der Waals surface area contributed by atoms with E-state index in [1.165, 1.54) is 12.4 Å². The molecular weight excluding hydrogens is 350 g/mol. The lowest BCUT2D eigenvalue weighted by molar-refractivity contribution is -0.605. The van der Waals surface area contributed by atoms with Crippen molar-refractivity contribution in [2.24, 2.45) is 5.92 Å². The average molecular weight is 377 g/mol. The first-order chi connectivity index (χ1) is 13.1. The Morgan fingerprint density at radius 2 is 1.78 bits per heavy atom. The first-order valence-corrected chi connectivity index (χ1v) is 9.63. The maximum Gasteiger partial charge on any atom is 0.409 e. The highest BCUT2D eigenvalue weighted by Crippen LogP contribution is 2.25. The summed E-state index contributed by atoms with van der Waals surface area (Å²) in [5.74, 6) is 0.355. The molecule has 8 heteroatoms. The fourth-order valence-electron chi connectivity index (χ4n) is 3.55. The van der Waals surface area contributed by atoms with Gasteiger partial charge in [-0.05, 0) is 44.4 Å². The Kier molecular flexibility index (Phi) is 6.73. The zero-order valence-electron chi connectivity index (χ0n) is 15.5. The van der Waals surface area contributed by atoms with Crippen molar-refractivity contribution < 1.29 is 23.8 Å². The minimum Gasteiger partial charge on any atom is -0.619 e. The van der Waals surface area contributed by atoms with Crippen LogP contribution in [0.5, 0.6) is 0 Å². The van der Waals surface area contributed by atoms with Crippen molar-refractivity contribution in [3.63, 3.8) is 0 Å². The minimum atomic E-state index is -0.447. The molecule has 148 valence electrons. The molecule has 1 N–H and O–H groups in total. The predicted molar refractivity (Wildman–Crippen MR) is 96.6 cm³/mol. The van der Waals surface area contributed by atoms with Crippen LogP contribution in [0.1, 0.15) is 44.1 Å². The van der Waals surface area contributed by atoms with Crippen molar-refractivity contribution in [1.82, 2.24) is 10.2 Å². The third-order valence-corrected chi connectivity index (χ3v) is 5.22. The molecular formula is C19H27N3O5. The summed E-state index contributed by atoms with van der Waals surface area (Å²) >= 11 is 0. The van der Waals surface area contributed by atoms with Crippen LogP contribution in [0.4, 0.5) is 9.59 Å². The van der Waals surface area contributed by atoms with Gasteiger partial charge < -0.3 is 24.9 Å². The van der Waals surface area contributed by atoms with Gasteiger partial charge in [0.15, 0.2) is 12.4 Å². The molecule has 2 heterocycles. The van der Waals surface area contributed by atoms with E-state index in [0.717, 1.165) is 57.2 Å². The van der Waals surface area contributed by atoms with Crippen molar-refractivity contribution >= 4 is 12.2 Å². The first-order valence-electron chi connectivity index (χ1n) is 9.63. The van der Waals surface area contributed by atoms with E-state index in [-0.39, 0.29) is 18.7 Å². The molecule has 0 unspecified atom stereocenters. The van der Waals surface area contributed by atoms with Crippen LogP contribution in [0.3, 0.4) is 0 Å². The van der Waals surface area contributed by atoms with E-state index in [4.69, 9.17) is 9.47 Å². The zero-order chi connectivity index (χ0) is 19.1. The number of ether oxygens (including phenoxy) is 2. The molecule has 2 fully saturated rings. The second-order valence-corrected chi connectivity index (χ2v) is 7.28. The Bertz CT molecular complexity index is 623. The van der Waals surface area contributed by atoms with Gasteiger partial charge in [0.25, 0.3) is 0 Å². The molecule has 2 amide bonds. The lowest BCUT2D eigenvalue weighted by Crippen LogP contribution is -2.39. The van der Waals surface area contributed by atoms with Gasteiger partial charge in [0.2, 0.25) is 0 Å². The van der Waals surface area contributed by atoms with E-state index in [1.54, 1.807) is 17.0 Å². The largest absolute Gasteiger partial charge is 0.619 e. The number of hydrogen-bond donors (Lipinski definition) is 1. The molecule has 0 aromatic carbocycles. The Labute approximate surface area is 159 Å². The number of amides is 2. The first kappa shape index (κ1) is 19.3. The quantitative estimate of drug-likeness (QED) is 0.628. The molecule has 3 rings (SSSR count). The van der Waals surface area contributed by atoms with Gasteiger partial charge in [-0.1, -0.05) is 0 Å². The summed E-state index contributed by atoms with van der Waals surface area (Å²) in [5.41, 5.74) is 0.765. The van der Waals surface area contributed by atoms with E-state index < -0.39 is 6.09 Å². The Morgan fingerprint density at radius 3 is 2.44 bits per heavy atom. The summed E-state index contributed by atoms with van der Waals surface area (Å²) in [4.78, 5) is 25.6. The zero-order valence-corrected chi connectivity index (χ0v) is 15.5. The monoisotopic (exact) mass is 377 g/mol. The highest BCUT2D eigenvalue weighted by Gasteiger charge is 2.25. The highest BCUT2D eigenvalue weighted by molar-refractivity contribution is 5.68. The van der Waals surface area contributed by atoms with Crippen LogP contribution < -0.4 is 10.0 Å². The number of rotatable bonds is 5. The minimum absolute atomic E-state index is 0.0857. The summed E-state index contributed by atoms with van der Waals surface area (Å²) < 4.78 is 11.3. The van der Waals surface area contributed by atoms with Crippen molar-refractivity contribution in [1.29, 1.82) is 0 Å². The van der Waals surface area contributed by atoms with Crippen molar-refractivity contribution in [2.75, 3.05) is 19.7 Å². The highest BCUT2D eigenvalue weighted by atomic mass is 16.6. The standard InChI is InChI=1S/C19H27N3O5/c23-18(26-13-16-7-11-22(25)12-8-16)20-17-5-3-15(4-6-17)14-27-19(24)21-9-1-2-10-21/h7-8,11-12,15,17H,1-6,9-10,13-14H2,(H,20,23). The summed E-state index contributed by atoms with van der Waals surface area (Å²) in [6.07, 6.45) is 7.75. The van der Waals surface area contributed by atoms with E-state index in [0.29, 0.717) is 17.3 Å². The lowest BCUT2D eigenvalue weighted by atomic mass is 9.86. The molecule has 1 saturated carbocycles. The summed E-state index contributed by atoms with van der Waals surface area (Å²) in [6, 6.07) is 3.33. The van der Waals surface area contributed by atoms with Gasteiger partial charge in [-0.3, -0.25) is 0 Å². The molecule has 2 aliphatic rings. The molecule has 0 radical (unpaired) electrons. The fraction of sp³-hybridized carbons (Fsp3) is 0.632. The smallest absolute Gasteiger partial charge is 0.409 e. The molecule has 1 aromatic heterocycles. The maximum absolute atomic E-state index is 11.9. The van der Waals surface area contributed by atoms with E-state index in [9.17, 15) is 14.8 Å². The molecule has 27 heavy (non-hydrogen) atoms. The number of alkyl carbamates (subject to hydrolysis) is 1. The molecule has 1 saturated heterocycles. The molecule has 0 atom stereocenters. The third kappa shape index (κ3) is 6.01. The summed E-state index contributed by atoms with van der Waals surface area (Å²) in [6.45, 7) is 2.20. The maximum atomic E-state index is 11.9. The normalized spacial score (nSPS) is 22.3. The van der Waals surface area contributed by atoms with Crippen LogP contribution >= 0.6 is 0 Å². The van der Waals surface area contributed by atoms with Crippen LogP contribution in [0.25, 0.3) is 0 Å². The van der Waals surface area contributed by atoms with Gasteiger partial charge in [0.1, 0.15) is 6.61 Å². The van der Waals surface area contributed by atoms with Crippen molar-refractivity contribution in [2.45, 2.75) is 51.2 Å². The lowest BCUT2D eigenvalue weighted by Gasteiger charge is -2.29. The van der Waals surface area contributed by atoms with Gasteiger partial charge in [0, 0.05) is 36.8 Å². The number of nitrogens with one attached hydrogen (secondary N) is 1. The molecule has 1 aromatic rings. The van der Waals surface area contributed by atoms with Crippen molar-refractivity contribution in [3.05, 3.63) is 35.3 Å². The van der Waals surface area contributed by atoms with Gasteiger partial charge in [-0.25, -0.2) is 9.59 Å². The molecule has 1 aliphatic heterocycles. The summed E-state index contributed by atoms with van der Waals surface area (Å²) in [5, 5.41) is 13.9. The average Bonchev–Trinajstić information content (AvgIpc) is 3.22. The van der Waals surface area contributed by atoms with E-state index in [2.05, 4.69) is 5.32 Å². The SMILES string of the molecule is O=C(NC1CCC(COC(=O)N2CCCC2)CC1)OCc1cc[n+]([O-])cc1. The van der Waals surface area contributed by atoms with Crippen LogP contribution in [0, 0.1) is 11.1 Å². The van der Waals surface area contributed by atoms with Gasteiger partial charge in [-0.15, -0.1) is 0 Å². The number of nitrogens with zero attached hydrogens (tertiary/aromatic N) is 2. The summed E-state index contributed by atoms with van der Waals surface area (Å²) in [7, 11) is 0. The Hall–Kier alpha value is -2.51. The molecule has 8 nitrogen and oxygen atoms in total. The topological polar surface area (TPSA) is 94.8 Å². The van der Waals surface area contributed by atoms with E-state index >= 15 is 0 Å². The van der Waals surface area contributed by atoms with Crippen molar-refractivity contribution in [3.8, 4) is 0 Å². The molecule has 0 bridgehead atoms. The van der Waals surface area contributed by atoms with Crippen LogP contribution in [-0.4, -0.2) is 42.8 Å². The predicted octanol–water partition coefficient (Wildman–Crippen LogP) is 2.34. The number of likely N-dealkylation sites (tertiary alicyclic amines) is 1. The van der Waals surface area contributed by atoms with Crippen LogP contribution in [0.2, 0.25) is 0 Å². The number of hydrogen-bond acceptors (Lipinski definition) is 5. The number of carbonyl (C=O) groups is 2. The third-order valence-electron chi connectivity index (χ3n) is 5.22. The number of aromatic nitrogens is 1. The second-order valence-electron chi connectivity index (χ2n) is 7.28. The number of pyridine rings is 1. The van der Waals surface area contributed by atoms with E-state index in [1.807, 2.05) is 0 Å². The Balaban J connectivity index is 1.30. The van der Waals surface area contributed by atoms with Gasteiger partial charge in [-0.2, -0.15) is 4.73 Å². The number of carbonyl (C=O) groups excluding carboxylic acids is 2. The molecule has 0 spiro atoms. The van der Waals surface area contributed by atoms with Gasteiger partial charge >= 0.3 is 12.2 Å². The fourth-order valence-corrected chi connectivity index (χ4v) is 3.55. The van der Waals surface area contributed by atoms with Crippen LogP contribution in [0.15, 0.2) is 24.5 Å².